The summed E-state index contributed by atoms with van der Waals surface area (Å²) in [6, 6.07) is 11.7. The Morgan fingerprint density at radius 1 is 1.05 bits per heavy atom. The van der Waals surface area contributed by atoms with E-state index in [9.17, 15) is 0 Å². The highest BCUT2D eigenvalue weighted by molar-refractivity contribution is 6.40. The van der Waals surface area contributed by atoms with E-state index in [-0.39, 0.29) is 0 Å². The number of aryl methyl sites for hydroxylation is 2. The molecule has 0 aliphatic heterocycles. The van der Waals surface area contributed by atoms with Crippen molar-refractivity contribution < 1.29 is 0 Å². The number of hydrogen-bond donors (Lipinski definition) is 0. The minimum atomic E-state index is 0.698. The average Bonchev–Trinajstić information content (AvgIpc) is 2.87. The molecule has 4 nitrogen and oxygen atoms in total. The zero-order chi connectivity index (χ0) is 15.3. The van der Waals surface area contributed by atoms with Crippen LogP contribution in [-0.2, 0) is 0 Å². The third kappa shape index (κ3) is 1.81. The van der Waals surface area contributed by atoms with Crippen molar-refractivity contribution in [3.8, 4) is 5.82 Å². The van der Waals surface area contributed by atoms with Crippen LogP contribution in [0.15, 0.2) is 42.6 Å². The van der Waals surface area contributed by atoms with E-state index >= 15 is 0 Å². The molecule has 0 aliphatic rings. The smallest absolute Gasteiger partial charge is 0.167 e. The van der Waals surface area contributed by atoms with Crippen LogP contribution in [0.4, 0.5) is 0 Å². The molecule has 0 N–H and O–H groups in total. The van der Waals surface area contributed by atoms with Crippen LogP contribution in [0.1, 0.15) is 11.3 Å². The quantitative estimate of drug-likeness (QED) is 0.528. The Bertz CT molecular complexity index is 1010. The summed E-state index contributed by atoms with van der Waals surface area (Å²) < 4.78 is 1.75. The van der Waals surface area contributed by atoms with Gasteiger partial charge in [-0.3, -0.25) is 0 Å². The molecule has 4 aromatic rings. The lowest BCUT2D eigenvalue weighted by Crippen LogP contribution is -2.00. The fourth-order valence-corrected chi connectivity index (χ4v) is 3.11. The highest BCUT2D eigenvalue weighted by atomic mass is 35.5. The van der Waals surface area contributed by atoms with Gasteiger partial charge in [0.05, 0.1) is 21.6 Å². The number of rotatable bonds is 1. The zero-order valence-corrected chi connectivity index (χ0v) is 13.0. The van der Waals surface area contributed by atoms with Crippen molar-refractivity contribution in [2.24, 2.45) is 0 Å². The number of nitrogens with zero attached hydrogens (tertiary/aromatic N) is 4. The Balaban J connectivity index is 2.18. The van der Waals surface area contributed by atoms with Gasteiger partial charge in [-0.05, 0) is 31.5 Å². The Kier molecular flexibility index (Phi) is 2.87. The molecule has 0 saturated carbocycles. The maximum atomic E-state index is 6.64. The van der Waals surface area contributed by atoms with Crippen LogP contribution in [0.2, 0.25) is 5.02 Å². The standard InChI is InChI=1S/C17H13ClN4/c1-10-6-5-7-12-15(18)14-11(2)21-22(17(14)20-16(10)12)13-8-3-4-9-19-13/h3-9H,1-2H3. The third-order valence-electron chi connectivity index (χ3n) is 3.81. The first-order valence-electron chi connectivity index (χ1n) is 7.02. The average molecular weight is 309 g/mol. The number of halogens is 1. The van der Waals surface area contributed by atoms with Crippen LogP contribution in [0.5, 0.6) is 0 Å². The fourth-order valence-electron chi connectivity index (χ4n) is 2.74. The van der Waals surface area contributed by atoms with E-state index in [1.54, 1.807) is 10.9 Å². The molecule has 108 valence electrons. The molecule has 1 aromatic carbocycles. The van der Waals surface area contributed by atoms with Gasteiger partial charge in [0.1, 0.15) is 0 Å². The van der Waals surface area contributed by atoms with Crippen LogP contribution in [0, 0.1) is 13.8 Å². The Labute approximate surface area is 132 Å². The van der Waals surface area contributed by atoms with Gasteiger partial charge >= 0.3 is 0 Å². The summed E-state index contributed by atoms with van der Waals surface area (Å²) in [6.45, 7) is 3.97. The second-order valence-corrected chi connectivity index (χ2v) is 5.66. The molecule has 5 heteroatoms. The van der Waals surface area contributed by atoms with Gasteiger partial charge in [-0.2, -0.15) is 9.78 Å². The Morgan fingerprint density at radius 2 is 1.91 bits per heavy atom. The maximum Gasteiger partial charge on any atom is 0.167 e. The van der Waals surface area contributed by atoms with Crippen LogP contribution in [0.3, 0.4) is 0 Å². The molecule has 0 spiro atoms. The summed E-state index contributed by atoms with van der Waals surface area (Å²) >= 11 is 6.64. The number of fused-ring (bicyclic) bond motifs is 2. The molecule has 0 bridgehead atoms. The molecule has 3 aromatic heterocycles. The molecule has 0 fully saturated rings. The van der Waals surface area contributed by atoms with E-state index in [0.717, 1.165) is 39.0 Å². The number of hydrogen-bond acceptors (Lipinski definition) is 3. The predicted molar refractivity (Wildman–Crippen MR) is 88.7 cm³/mol. The van der Waals surface area contributed by atoms with E-state index in [1.165, 1.54) is 0 Å². The topological polar surface area (TPSA) is 43.6 Å². The third-order valence-corrected chi connectivity index (χ3v) is 4.21. The second kappa shape index (κ2) is 4.78. The summed E-state index contributed by atoms with van der Waals surface area (Å²) in [7, 11) is 0. The number of benzene rings is 1. The Hall–Kier alpha value is -2.46. The van der Waals surface area contributed by atoms with Crippen molar-refractivity contribution in [1.82, 2.24) is 19.7 Å². The van der Waals surface area contributed by atoms with Crippen LogP contribution < -0.4 is 0 Å². The first-order chi connectivity index (χ1) is 10.7. The lowest BCUT2D eigenvalue weighted by molar-refractivity contribution is 0.848. The largest absolute Gasteiger partial charge is 0.237 e. The lowest BCUT2D eigenvalue weighted by atomic mass is 10.1. The lowest BCUT2D eigenvalue weighted by Gasteiger charge is -2.06. The minimum absolute atomic E-state index is 0.698. The van der Waals surface area contributed by atoms with E-state index < -0.39 is 0 Å². The van der Waals surface area contributed by atoms with E-state index in [0.29, 0.717) is 5.02 Å². The van der Waals surface area contributed by atoms with E-state index in [1.807, 2.05) is 50.2 Å². The van der Waals surface area contributed by atoms with Gasteiger partial charge in [-0.25, -0.2) is 9.97 Å². The van der Waals surface area contributed by atoms with Crippen molar-refractivity contribution in [1.29, 1.82) is 0 Å². The van der Waals surface area contributed by atoms with Crippen LogP contribution in [-0.4, -0.2) is 19.7 Å². The summed E-state index contributed by atoms with van der Waals surface area (Å²) in [5.74, 6) is 0.733. The van der Waals surface area contributed by atoms with Crippen molar-refractivity contribution in [2.45, 2.75) is 13.8 Å². The SMILES string of the molecule is Cc1cccc2c(Cl)c3c(C)nn(-c4ccccn4)c3nc12. The van der Waals surface area contributed by atoms with Crippen LogP contribution in [0.25, 0.3) is 27.8 Å². The molecule has 0 saturated heterocycles. The first kappa shape index (κ1) is 13.2. The molecular weight excluding hydrogens is 296 g/mol. The molecule has 0 atom stereocenters. The molecule has 3 heterocycles. The van der Waals surface area contributed by atoms with Gasteiger partial charge in [0.2, 0.25) is 0 Å². The van der Waals surface area contributed by atoms with E-state index in [4.69, 9.17) is 16.6 Å². The number of para-hydroxylation sites is 1. The minimum Gasteiger partial charge on any atom is -0.237 e. The zero-order valence-electron chi connectivity index (χ0n) is 12.2. The fraction of sp³-hybridized carbons (Fsp3) is 0.118. The molecule has 0 aliphatic carbocycles. The summed E-state index contributed by atoms with van der Waals surface area (Å²) in [4.78, 5) is 9.17. The van der Waals surface area contributed by atoms with Crippen molar-refractivity contribution >= 4 is 33.5 Å². The molecular formula is C17H13ClN4. The normalized spacial score (nSPS) is 11.4. The van der Waals surface area contributed by atoms with Crippen molar-refractivity contribution in [2.75, 3.05) is 0 Å². The Morgan fingerprint density at radius 3 is 2.68 bits per heavy atom. The monoisotopic (exact) mass is 308 g/mol. The first-order valence-corrected chi connectivity index (χ1v) is 7.40. The van der Waals surface area contributed by atoms with Crippen molar-refractivity contribution in [3.05, 3.63) is 58.9 Å². The van der Waals surface area contributed by atoms with Gasteiger partial charge < -0.3 is 0 Å². The highest BCUT2D eigenvalue weighted by Gasteiger charge is 2.17. The van der Waals surface area contributed by atoms with E-state index in [2.05, 4.69) is 10.1 Å². The molecule has 4 rings (SSSR count). The number of aromatic nitrogens is 4. The summed E-state index contributed by atoms with van der Waals surface area (Å²) in [5.41, 5.74) is 3.58. The number of pyridine rings is 2. The van der Waals surface area contributed by atoms with Gasteiger partial charge in [0.15, 0.2) is 11.5 Å². The highest BCUT2D eigenvalue weighted by Crippen LogP contribution is 2.34. The molecule has 0 radical (unpaired) electrons. The van der Waals surface area contributed by atoms with Crippen LogP contribution >= 0.6 is 11.6 Å². The molecule has 0 unspecified atom stereocenters. The molecule has 22 heavy (non-hydrogen) atoms. The maximum absolute atomic E-state index is 6.64. The summed E-state index contributed by atoms with van der Waals surface area (Å²) in [5, 5.41) is 7.11. The molecule has 0 amide bonds. The summed E-state index contributed by atoms with van der Waals surface area (Å²) in [6.07, 6.45) is 1.74. The van der Waals surface area contributed by atoms with Gasteiger partial charge in [-0.15, -0.1) is 0 Å². The predicted octanol–water partition coefficient (Wildman–Crippen LogP) is 4.24. The van der Waals surface area contributed by atoms with Gasteiger partial charge in [0, 0.05) is 11.6 Å². The van der Waals surface area contributed by atoms with Gasteiger partial charge in [0.25, 0.3) is 0 Å². The van der Waals surface area contributed by atoms with Crippen molar-refractivity contribution in [3.63, 3.8) is 0 Å². The van der Waals surface area contributed by atoms with Gasteiger partial charge in [-0.1, -0.05) is 35.9 Å². The second-order valence-electron chi connectivity index (χ2n) is 5.28.